The van der Waals surface area contributed by atoms with Crippen LogP contribution in [-0.2, 0) is 17.8 Å². The van der Waals surface area contributed by atoms with Crippen LogP contribution in [0, 0.1) is 0 Å². The molecule has 1 aromatic heterocycles. The number of fused-ring (bicyclic) bond motifs is 1. The van der Waals surface area contributed by atoms with E-state index < -0.39 is 18.2 Å². The minimum absolute atomic E-state index is 0.165. The molecule has 0 aliphatic rings. The number of oxazole rings is 1. The van der Waals surface area contributed by atoms with Gasteiger partial charge >= 0.3 is 6.09 Å². The average Bonchev–Trinajstić information content (AvgIpc) is 3.10. The van der Waals surface area contributed by atoms with Crippen molar-refractivity contribution in [3.63, 3.8) is 0 Å². The Balaban J connectivity index is 1.62. The van der Waals surface area contributed by atoms with Gasteiger partial charge < -0.3 is 19.6 Å². The summed E-state index contributed by atoms with van der Waals surface area (Å²) in [7, 11) is 0. The fraction of sp³-hybridized carbons (Fsp3) is 0.300. The number of carbonyl (C=O) groups excluding carboxylic acids is 1. The molecule has 1 amide bonds. The Morgan fingerprint density at radius 1 is 1.23 bits per heavy atom. The number of nitrogens with one attached hydrogen (secondary N) is 1. The summed E-state index contributed by atoms with van der Waals surface area (Å²) in [6.07, 6.45) is -0.871. The van der Waals surface area contributed by atoms with Crippen molar-refractivity contribution in [2.24, 2.45) is 0 Å². The first kappa shape index (κ1) is 17.9. The second-order valence-electron chi connectivity index (χ2n) is 6.11. The number of nitrogens with zero attached hydrogens (tertiary/aromatic N) is 1. The van der Waals surface area contributed by atoms with Crippen LogP contribution in [0.2, 0.25) is 0 Å². The number of aliphatic hydroxyl groups is 1. The van der Waals surface area contributed by atoms with Crippen LogP contribution in [0.4, 0.5) is 4.79 Å². The molecular formula is C20H22N2O4. The van der Waals surface area contributed by atoms with E-state index in [1.807, 2.05) is 55.5 Å². The summed E-state index contributed by atoms with van der Waals surface area (Å²) in [4.78, 5) is 16.3. The van der Waals surface area contributed by atoms with Crippen molar-refractivity contribution in [1.82, 2.24) is 10.3 Å². The summed E-state index contributed by atoms with van der Waals surface area (Å²) in [5, 5.41) is 13.1. The third kappa shape index (κ3) is 4.03. The number of aromatic nitrogens is 1. The van der Waals surface area contributed by atoms with Gasteiger partial charge in [0.05, 0.1) is 6.04 Å². The second kappa shape index (κ2) is 8.01. The molecular weight excluding hydrogens is 332 g/mol. The highest BCUT2D eigenvalue weighted by molar-refractivity contribution is 5.76. The smallest absolute Gasteiger partial charge is 0.407 e. The van der Waals surface area contributed by atoms with Crippen LogP contribution in [0.1, 0.15) is 37.0 Å². The Labute approximate surface area is 151 Å². The minimum Gasteiger partial charge on any atom is -0.445 e. The Kier molecular flexibility index (Phi) is 5.53. The lowest BCUT2D eigenvalue weighted by atomic mass is 10.1. The van der Waals surface area contributed by atoms with E-state index in [4.69, 9.17) is 9.15 Å². The van der Waals surface area contributed by atoms with Gasteiger partial charge in [-0.05, 0) is 30.5 Å². The van der Waals surface area contributed by atoms with Gasteiger partial charge in [-0.3, -0.25) is 0 Å². The number of rotatable bonds is 6. The van der Waals surface area contributed by atoms with Gasteiger partial charge in [-0.1, -0.05) is 49.4 Å². The maximum Gasteiger partial charge on any atom is 0.407 e. The standard InChI is InChI=1S/C20H22N2O4/c1-3-15-10-7-11-16-18(15)26-19(22-16)17(23)13(2)21-20(24)25-12-14-8-5-4-6-9-14/h4-11,13,17,23H,3,12H2,1-2H3,(H,21,24)/t13-,17?/m0/s1. The lowest BCUT2D eigenvalue weighted by Crippen LogP contribution is -2.37. The number of aliphatic hydroxyl groups excluding tert-OH is 1. The van der Waals surface area contributed by atoms with E-state index in [2.05, 4.69) is 10.3 Å². The van der Waals surface area contributed by atoms with Crippen molar-refractivity contribution in [2.75, 3.05) is 0 Å². The first-order chi connectivity index (χ1) is 12.6. The maximum absolute atomic E-state index is 11.9. The summed E-state index contributed by atoms with van der Waals surface area (Å²) < 4.78 is 10.9. The predicted octanol–water partition coefficient (Wildman–Crippen LogP) is 3.74. The number of ether oxygens (including phenoxy) is 1. The van der Waals surface area contributed by atoms with Crippen molar-refractivity contribution in [3.05, 3.63) is 65.5 Å². The van der Waals surface area contributed by atoms with Crippen LogP contribution in [0.15, 0.2) is 52.9 Å². The number of amides is 1. The zero-order chi connectivity index (χ0) is 18.5. The molecule has 3 rings (SSSR count). The Hall–Kier alpha value is -2.86. The lowest BCUT2D eigenvalue weighted by molar-refractivity contribution is 0.0919. The van der Waals surface area contributed by atoms with Crippen LogP contribution < -0.4 is 5.32 Å². The Bertz CT molecular complexity index is 876. The van der Waals surface area contributed by atoms with Gasteiger partial charge in [-0.2, -0.15) is 0 Å². The molecule has 1 heterocycles. The number of aryl methyl sites for hydroxylation is 1. The van der Waals surface area contributed by atoms with Gasteiger partial charge in [0, 0.05) is 0 Å². The monoisotopic (exact) mass is 354 g/mol. The third-order valence-electron chi connectivity index (χ3n) is 4.18. The highest BCUT2D eigenvalue weighted by atomic mass is 16.5. The largest absolute Gasteiger partial charge is 0.445 e. The van der Waals surface area contributed by atoms with Crippen LogP contribution >= 0.6 is 0 Å². The van der Waals surface area contributed by atoms with Gasteiger partial charge in [-0.25, -0.2) is 9.78 Å². The summed E-state index contributed by atoms with van der Waals surface area (Å²) in [5.41, 5.74) is 3.28. The van der Waals surface area contributed by atoms with Crippen molar-refractivity contribution in [1.29, 1.82) is 0 Å². The molecule has 2 atom stereocenters. The minimum atomic E-state index is -1.07. The quantitative estimate of drug-likeness (QED) is 0.704. The SMILES string of the molecule is CCc1cccc2nc(C(O)[C@H](C)NC(=O)OCc3ccccc3)oc12. The van der Waals surface area contributed by atoms with E-state index in [9.17, 15) is 9.90 Å². The molecule has 0 spiro atoms. The third-order valence-corrected chi connectivity index (χ3v) is 4.18. The molecule has 0 aliphatic heterocycles. The predicted molar refractivity (Wildman–Crippen MR) is 97.6 cm³/mol. The van der Waals surface area contributed by atoms with Gasteiger partial charge in [-0.15, -0.1) is 0 Å². The molecule has 1 unspecified atom stereocenters. The first-order valence-corrected chi connectivity index (χ1v) is 8.62. The molecule has 2 N–H and O–H groups in total. The van der Waals surface area contributed by atoms with Gasteiger partial charge in [0.1, 0.15) is 18.2 Å². The van der Waals surface area contributed by atoms with Crippen LogP contribution in [-0.4, -0.2) is 22.2 Å². The molecule has 0 saturated carbocycles. The fourth-order valence-corrected chi connectivity index (χ4v) is 2.67. The van der Waals surface area contributed by atoms with Crippen molar-refractivity contribution in [2.45, 2.75) is 39.0 Å². The number of alkyl carbamates (subject to hydrolysis) is 1. The zero-order valence-corrected chi connectivity index (χ0v) is 14.8. The number of hydrogen-bond acceptors (Lipinski definition) is 5. The zero-order valence-electron chi connectivity index (χ0n) is 14.8. The number of hydrogen-bond donors (Lipinski definition) is 2. The molecule has 3 aromatic rings. The molecule has 136 valence electrons. The fourth-order valence-electron chi connectivity index (χ4n) is 2.67. The molecule has 0 fully saturated rings. The summed E-state index contributed by atoms with van der Waals surface area (Å²) in [6, 6.07) is 14.5. The molecule has 2 aromatic carbocycles. The summed E-state index contributed by atoms with van der Waals surface area (Å²) in [6.45, 7) is 3.86. The summed E-state index contributed by atoms with van der Waals surface area (Å²) in [5.74, 6) is 0.178. The molecule has 0 saturated heterocycles. The first-order valence-electron chi connectivity index (χ1n) is 8.62. The molecule has 6 nitrogen and oxygen atoms in total. The van der Waals surface area contributed by atoms with Gasteiger partial charge in [0.15, 0.2) is 5.58 Å². The number of benzene rings is 2. The lowest BCUT2D eigenvalue weighted by Gasteiger charge is -2.17. The van der Waals surface area contributed by atoms with Gasteiger partial charge in [0.25, 0.3) is 0 Å². The Morgan fingerprint density at radius 3 is 2.73 bits per heavy atom. The molecule has 6 heteroatoms. The Morgan fingerprint density at radius 2 is 2.00 bits per heavy atom. The highest BCUT2D eigenvalue weighted by Gasteiger charge is 2.24. The number of para-hydroxylation sites is 1. The van der Waals surface area contributed by atoms with E-state index in [0.717, 1.165) is 17.5 Å². The average molecular weight is 354 g/mol. The second-order valence-corrected chi connectivity index (χ2v) is 6.11. The topological polar surface area (TPSA) is 84.6 Å². The van der Waals surface area contributed by atoms with Crippen LogP contribution in [0.25, 0.3) is 11.1 Å². The summed E-state index contributed by atoms with van der Waals surface area (Å²) >= 11 is 0. The van der Waals surface area contributed by atoms with Crippen LogP contribution in [0.5, 0.6) is 0 Å². The molecule has 26 heavy (non-hydrogen) atoms. The van der Waals surface area contributed by atoms with Crippen LogP contribution in [0.3, 0.4) is 0 Å². The number of carbonyl (C=O) groups is 1. The van der Waals surface area contributed by atoms with E-state index in [0.29, 0.717) is 11.1 Å². The maximum atomic E-state index is 11.9. The molecule has 0 aliphatic carbocycles. The molecule has 0 bridgehead atoms. The van der Waals surface area contributed by atoms with E-state index in [1.165, 1.54) is 0 Å². The van der Waals surface area contributed by atoms with E-state index >= 15 is 0 Å². The molecule has 0 radical (unpaired) electrons. The highest BCUT2D eigenvalue weighted by Crippen LogP contribution is 2.25. The van der Waals surface area contributed by atoms with Crippen molar-refractivity contribution in [3.8, 4) is 0 Å². The van der Waals surface area contributed by atoms with Gasteiger partial charge in [0.2, 0.25) is 5.89 Å². The van der Waals surface area contributed by atoms with E-state index in [1.54, 1.807) is 6.92 Å². The van der Waals surface area contributed by atoms with E-state index in [-0.39, 0.29) is 12.5 Å². The normalized spacial score (nSPS) is 13.3. The van der Waals surface area contributed by atoms with Crippen molar-refractivity contribution < 1.29 is 19.1 Å². The van der Waals surface area contributed by atoms with Crippen molar-refractivity contribution >= 4 is 17.2 Å².